The Labute approximate surface area is 123 Å². The van der Waals surface area contributed by atoms with E-state index < -0.39 is 10.9 Å². The highest BCUT2D eigenvalue weighted by Crippen LogP contribution is 2.22. The van der Waals surface area contributed by atoms with E-state index in [1.807, 2.05) is 0 Å². The van der Waals surface area contributed by atoms with E-state index >= 15 is 0 Å². The maximum Gasteiger partial charge on any atom is 0.344 e. The fourth-order valence-electron chi connectivity index (χ4n) is 2.38. The fraction of sp³-hybridized carbons (Fsp3) is 0.500. The molecule has 0 atom stereocenters. The van der Waals surface area contributed by atoms with Crippen LogP contribution in [0.3, 0.4) is 0 Å². The zero-order valence-electron chi connectivity index (χ0n) is 12.2. The number of hydrogen-bond donors (Lipinski definition) is 0. The average Bonchev–Trinajstić information content (AvgIpc) is 2.48. The number of benzene rings is 1. The number of nitrogens with zero attached hydrogens (tertiary/aromatic N) is 3. The number of methoxy groups -OCH3 is 1. The molecule has 0 N–H and O–H groups in total. The second-order valence-corrected chi connectivity index (χ2v) is 5.18. The van der Waals surface area contributed by atoms with Crippen LogP contribution in [0.4, 0.5) is 5.69 Å². The van der Waals surface area contributed by atoms with Crippen molar-refractivity contribution in [3.63, 3.8) is 0 Å². The van der Waals surface area contributed by atoms with Gasteiger partial charge in [0.05, 0.1) is 12.0 Å². The highest BCUT2D eigenvalue weighted by Gasteiger charge is 2.22. The molecule has 0 aliphatic carbocycles. The minimum absolute atomic E-state index is 0.00845. The van der Waals surface area contributed by atoms with Crippen molar-refractivity contribution in [1.29, 1.82) is 0 Å². The van der Waals surface area contributed by atoms with Gasteiger partial charge in [0, 0.05) is 38.8 Å². The van der Waals surface area contributed by atoms with Crippen molar-refractivity contribution in [2.24, 2.45) is 0 Å². The number of nitro groups is 1. The van der Waals surface area contributed by atoms with Gasteiger partial charge in [0.1, 0.15) is 5.56 Å². The fourth-order valence-corrected chi connectivity index (χ4v) is 2.38. The summed E-state index contributed by atoms with van der Waals surface area (Å²) in [5.41, 5.74) is 0.670. The first-order valence-corrected chi connectivity index (χ1v) is 6.78. The summed E-state index contributed by atoms with van der Waals surface area (Å²) in [5, 5.41) is 11.0. The van der Waals surface area contributed by atoms with Crippen molar-refractivity contribution in [3.05, 3.63) is 39.4 Å². The Hall–Kier alpha value is -1.99. The van der Waals surface area contributed by atoms with Crippen molar-refractivity contribution in [2.45, 2.75) is 6.54 Å². The van der Waals surface area contributed by atoms with Gasteiger partial charge < -0.3 is 9.64 Å². The van der Waals surface area contributed by atoms with Crippen molar-refractivity contribution in [1.82, 2.24) is 9.80 Å². The molecule has 1 heterocycles. The molecule has 1 aromatic rings. The molecule has 2 rings (SSSR count). The Morgan fingerprint density at radius 3 is 2.57 bits per heavy atom. The van der Waals surface area contributed by atoms with Gasteiger partial charge in [-0.15, -0.1) is 0 Å². The van der Waals surface area contributed by atoms with Crippen LogP contribution in [-0.2, 0) is 11.3 Å². The molecule has 0 unspecified atom stereocenters. The molecule has 1 saturated heterocycles. The minimum atomic E-state index is -0.679. The molecule has 1 fully saturated rings. The highest BCUT2D eigenvalue weighted by molar-refractivity contribution is 5.94. The van der Waals surface area contributed by atoms with Crippen LogP contribution in [0.25, 0.3) is 0 Å². The minimum Gasteiger partial charge on any atom is -0.465 e. The predicted molar refractivity (Wildman–Crippen MR) is 77.2 cm³/mol. The normalized spacial score (nSPS) is 16.7. The Morgan fingerprint density at radius 2 is 2.00 bits per heavy atom. The van der Waals surface area contributed by atoms with Crippen molar-refractivity contribution in [2.75, 3.05) is 40.3 Å². The molecule has 0 spiro atoms. The molecule has 0 aromatic heterocycles. The lowest BCUT2D eigenvalue weighted by molar-refractivity contribution is -0.385. The van der Waals surface area contributed by atoms with Gasteiger partial charge in [0.25, 0.3) is 5.69 Å². The summed E-state index contributed by atoms with van der Waals surface area (Å²) in [6.07, 6.45) is 0. The molecule has 7 heteroatoms. The van der Waals surface area contributed by atoms with Crippen LogP contribution in [-0.4, -0.2) is 61.0 Å². The first-order valence-electron chi connectivity index (χ1n) is 6.78. The number of ether oxygens (including phenoxy) is 1. The summed E-state index contributed by atoms with van der Waals surface area (Å²) in [7, 11) is 3.30. The van der Waals surface area contributed by atoms with E-state index in [1.54, 1.807) is 12.1 Å². The Kier molecular flexibility index (Phi) is 4.87. The Morgan fingerprint density at radius 1 is 1.33 bits per heavy atom. The second-order valence-electron chi connectivity index (χ2n) is 5.18. The number of carbonyl (C=O) groups is 1. The third kappa shape index (κ3) is 3.77. The van der Waals surface area contributed by atoms with Gasteiger partial charge >= 0.3 is 5.97 Å². The van der Waals surface area contributed by atoms with Crippen molar-refractivity contribution >= 4 is 11.7 Å². The van der Waals surface area contributed by atoms with Crippen LogP contribution in [0, 0.1) is 10.1 Å². The van der Waals surface area contributed by atoms with Crippen LogP contribution in [0.15, 0.2) is 18.2 Å². The number of esters is 1. The van der Waals surface area contributed by atoms with E-state index in [4.69, 9.17) is 0 Å². The first kappa shape index (κ1) is 15.4. The lowest BCUT2D eigenvalue weighted by Gasteiger charge is -2.32. The van der Waals surface area contributed by atoms with Gasteiger partial charge in [-0.05, 0) is 18.7 Å². The molecule has 7 nitrogen and oxygen atoms in total. The van der Waals surface area contributed by atoms with E-state index in [1.165, 1.54) is 13.2 Å². The van der Waals surface area contributed by atoms with Crippen LogP contribution in [0.2, 0.25) is 0 Å². The largest absolute Gasteiger partial charge is 0.465 e. The lowest BCUT2D eigenvalue weighted by Crippen LogP contribution is -2.43. The molecule has 1 aromatic carbocycles. The molecule has 21 heavy (non-hydrogen) atoms. The average molecular weight is 293 g/mol. The van der Waals surface area contributed by atoms with Crippen LogP contribution in [0.1, 0.15) is 15.9 Å². The number of piperazine rings is 1. The third-order valence-corrected chi connectivity index (χ3v) is 3.67. The zero-order valence-corrected chi connectivity index (χ0v) is 12.2. The summed E-state index contributed by atoms with van der Waals surface area (Å²) in [4.78, 5) is 26.6. The summed E-state index contributed by atoms with van der Waals surface area (Å²) >= 11 is 0. The van der Waals surface area contributed by atoms with Gasteiger partial charge in [0.2, 0.25) is 0 Å². The summed E-state index contributed by atoms with van der Waals surface area (Å²) in [6, 6.07) is 4.63. The van der Waals surface area contributed by atoms with Gasteiger partial charge in [-0.25, -0.2) is 4.79 Å². The molecule has 0 bridgehead atoms. The van der Waals surface area contributed by atoms with E-state index in [9.17, 15) is 14.9 Å². The zero-order chi connectivity index (χ0) is 15.4. The Balaban J connectivity index is 2.17. The molecule has 0 saturated carbocycles. The number of nitro benzene ring substituents is 1. The molecule has 0 amide bonds. The number of likely N-dealkylation sites (N-methyl/N-ethyl adjacent to an activating group) is 1. The maximum atomic E-state index is 11.7. The lowest BCUT2D eigenvalue weighted by atomic mass is 10.1. The quantitative estimate of drug-likeness (QED) is 0.470. The number of rotatable bonds is 4. The topological polar surface area (TPSA) is 75.9 Å². The second kappa shape index (κ2) is 6.64. The van der Waals surface area contributed by atoms with E-state index in [2.05, 4.69) is 21.6 Å². The molecular formula is C14H19N3O4. The van der Waals surface area contributed by atoms with Crippen LogP contribution in [0.5, 0.6) is 0 Å². The van der Waals surface area contributed by atoms with Gasteiger partial charge in [-0.1, -0.05) is 6.07 Å². The summed E-state index contributed by atoms with van der Waals surface area (Å²) in [6.45, 7) is 4.56. The summed E-state index contributed by atoms with van der Waals surface area (Å²) < 4.78 is 4.62. The first-order chi connectivity index (χ1) is 10.0. The van der Waals surface area contributed by atoms with Gasteiger partial charge in [0.15, 0.2) is 0 Å². The molecule has 1 aliphatic heterocycles. The summed E-state index contributed by atoms with van der Waals surface area (Å²) in [5.74, 6) is -0.679. The molecule has 114 valence electrons. The van der Waals surface area contributed by atoms with E-state index in [0.29, 0.717) is 6.54 Å². The monoisotopic (exact) mass is 293 g/mol. The maximum absolute atomic E-state index is 11.7. The molecule has 1 aliphatic rings. The van der Waals surface area contributed by atoms with Crippen LogP contribution >= 0.6 is 0 Å². The number of hydrogen-bond acceptors (Lipinski definition) is 6. The van der Waals surface area contributed by atoms with Gasteiger partial charge in [-0.3, -0.25) is 15.0 Å². The number of carbonyl (C=O) groups excluding carboxylic acids is 1. The van der Waals surface area contributed by atoms with E-state index in [0.717, 1.165) is 31.7 Å². The predicted octanol–water partition coefficient (Wildman–Crippen LogP) is 1.13. The van der Waals surface area contributed by atoms with E-state index in [-0.39, 0.29) is 11.3 Å². The molecule has 0 radical (unpaired) electrons. The smallest absolute Gasteiger partial charge is 0.344 e. The Bertz CT molecular complexity index is 539. The van der Waals surface area contributed by atoms with Gasteiger partial charge in [-0.2, -0.15) is 0 Å². The van der Waals surface area contributed by atoms with Crippen molar-refractivity contribution in [3.8, 4) is 0 Å². The van der Waals surface area contributed by atoms with Crippen molar-refractivity contribution < 1.29 is 14.5 Å². The highest BCUT2D eigenvalue weighted by atomic mass is 16.6. The molecular weight excluding hydrogens is 274 g/mol. The van der Waals surface area contributed by atoms with Crippen LogP contribution < -0.4 is 0 Å². The SMILES string of the molecule is COC(=O)c1cc(CN2CCN(C)CC2)ccc1[N+](=O)[O-]. The standard InChI is InChI=1S/C14H19N3O4/c1-15-5-7-16(8-6-15)10-11-3-4-13(17(19)20)12(9-11)14(18)21-2/h3-4,9H,5-8,10H2,1-2H3. The third-order valence-electron chi connectivity index (χ3n) is 3.67.